The average Bonchev–Trinajstić information content (AvgIpc) is 3.34. The molecule has 8 rings (SSSR count). The van der Waals surface area contributed by atoms with Crippen molar-refractivity contribution in [1.29, 1.82) is 0 Å². The van der Waals surface area contributed by atoms with Crippen LogP contribution in [-0.4, -0.2) is 17.8 Å². The highest BCUT2D eigenvalue weighted by atomic mass is 35.5. The number of halogens is 2. The van der Waals surface area contributed by atoms with Gasteiger partial charge in [0.15, 0.2) is 0 Å². The molecule has 0 spiro atoms. The number of anilines is 1. The third-order valence-corrected chi connectivity index (χ3v) is 9.54. The number of nitrogens with zero attached hydrogens (tertiary/aromatic N) is 1. The van der Waals surface area contributed by atoms with Crippen LogP contribution in [-0.2, 0) is 15.0 Å². The molecule has 4 saturated carbocycles. The maximum Gasteiger partial charge on any atom is 0.335 e. The van der Waals surface area contributed by atoms with Crippen molar-refractivity contribution in [3.05, 3.63) is 81.5 Å². The van der Waals surface area contributed by atoms with Crippen molar-refractivity contribution < 1.29 is 18.8 Å². The molecule has 8 heteroatoms. The smallest absolute Gasteiger partial charge is 0.335 e. The van der Waals surface area contributed by atoms with Gasteiger partial charge in [-0.25, -0.2) is 9.69 Å². The van der Waals surface area contributed by atoms with Crippen molar-refractivity contribution in [2.45, 2.75) is 43.9 Å². The Balaban J connectivity index is 1.15. The lowest BCUT2D eigenvalue weighted by atomic mass is 9.48. The first-order valence-corrected chi connectivity index (χ1v) is 14.1. The van der Waals surface area contributed by atoms with E-state index in [1.165, 1.54) is 50.2 Å². The van der Waals surface area contributed by atoms with E-state index in [1.54, 1.807) is 30.3 Å². The van der Waals surface area contributed by atoms with Gasteiger partial charge in [-0.2, -0.15) is 0 Å². The molecule has 1 saturated heterocycles. The molecule has 1 N–H and O–H groups in total. The summed E-state index contributed by atoms with van der Waals surface area (Å²) in [4.78, 5) is 39.9. The standard InChI is InChI=1S/C31H26Cl2N2O4/c32-21-3-7-24(26(33)12-21)27-8-6-23(39-27)13-25-28(36)34-30(38)35(29(25)37)22-4-1-20(2-5-22)31-14-17-9-18(15-31)11-19(10-17)16-31/h1-8,12-13,17-19H,9-11,14-16H2,(H,34,36,38)/b25-13-. The number of hydrogen-bond acceptors (Lipinski definition) is 4. The molecule has 0 atom stereocenters. The molecule has 4 amide bonds. The minimum Gasteiger partial charge on any atom is -0.457 e. The second kappa shape index (κ2) is 9.10. The van der Waals surface area contributed by atoms with Crippen LogP contribution in [0, 0.1) is 17.8 Å². The van der Waals surface area contributed by atoms with E-state index < -0.39 is 17.8 Å². The lowest BCUT2D eigenvalue weighted by Crippen LogP contribution is -2.54. The Morgan fingerprint density at radius 2 is 1.54 bits per heavy atom. The number of imide groups is 2. The highest BCUT2D eigenvalue weighted by Gasteiger charge is 2.51. The minimum atomic E-state index is -0.770. The van der Waals surface area contributed by atoms with E-state index in [9.17, 15) is 14.4 Å². The SMILES string of the molecule is O=C1NC(=O)N(c2ccc(C34CC5CC(CC(C5)C3)C4)cc2)C(=O)/C1=C\c1ccc(-c2ccc(Cl)cc2Cl)o1. The first-order valence-electron chi connectivity index (χ1n) is 13.4. The van der Waals surface area contributed by atoms with Crippen LogP contribution < -0.4 is 10.2 Å². The van der Waals surface area contributed by atoms with Gasteiger partial charge in [-0.1, -0.05) is 35.3 Å². The highest BCUT2D eigenvalue weighted by Crippen LogP contribution is 2.60. The van der Waals surface area contributed by atoms with E-state index >= 15 is 0 Å². The first kappa shape index (κ1) is 24.7. The molecular weight excluding hydrogens is 535 g/mol. The normalized spacial score (nSPS) is 28.9. The van der Waals surface area contributed by atoms with Crippen LogP contribution in [0.25, 0.3) is 17.4 Å². The summed E-state index contributed by atoms with van der Waals surface area (Å²) in [5.74, 6) is 1.73. The topological polar surface area (TPSA) is 79.6 Å². The molecule has 198 valence electrons. The number of hydrogen-bond donors (Lipinski definition) is 1. The zero-order valence-electron chi connectivity index (χ0n) is 21.1. The summed E-state index contributed by atoms with van der Waals surface area (Å²) in [7, 11) is 0. The minimum absolute atomic E-state index is 0.192. The summed E-state index contributed by atoms with van der Waals surface area (Å²) in [6, 6.07) is 15.4. The molecule has 4 aliphatic carbocycles. The summed E-state index contributed by atoms with van der Waals surface area (Å²) >= 11 is 12.3. The quantitative estimate of drug-likeness (QED) is 0.266. The van der Waals surface area contributed by atoms with Crippen molar-refractivity contribution in [1.82, 2.24) is 5.32 Å². The lowest BCUT2D eigenvalue weighted by molar-refractivity contribution is -0.122. The van der Waals surface area contributed by atoms with E-state index in [0.29, 0.717) is 27.1 Å². The Kier molecular flexibility index (Phi) is 5.76. The van der Waals surface area contributed by atoms with Crippen LogP contribution >= 0.6 is 23.2 Å². The first-order chi connectivity index (χ1) is 18.8. The van der Waals surface area contributed by atoms with Crippen molar-refractivity contribution in [3.8, 4) is 11.3 Å². The highest BCUT2D eigenvalue weighted by molar-refractivity contribution is 6.39. The number of carbonyl (C=O) groups is 3. The van der Waals surface area contributed by atoms with Gasteiger partial charge in [-0.15, -0.1) is 0 Å². The maximum atomic E-state index is 13.4. The summed E-state index contributed by atoms with van der Waals surface area (Å²) in [6.07, 6.45) is 9.14. The van der Waals surface area contributed by atoms with Gasteiger partial charge in [0.2, 0.25) is 0 Å². The summed E-state index contributed by atoms with van der Waals surface area (Å²) < 4.78 is 5.85. The molecule has 3 aromatic rings. The van der Waals surface area contributed by atoms with Gasteiger partial charge in [-0.3, -0.25) is 14.9 Å². The van der Waals surface area contributed by atoms with Crippen molar-refractivity contribution in [2.75, 3.05) is 4.90 Å². The molecule has 1 aromatic heterocycles. The number of urea groups is 1. The summed E-state index contributed by atoms with van der Waals surface area (Å²) in [5, 5.41) is 3.20. The lowest BCUT2D eigenvalue weighted by Gasteiger charge is -2.57. The van der Waals surface area contributed by atoms with E-state index in [0.717, 1.165) is 22.7 Å². The van der Waals surface area contributed by atoms with Crippen molar-refractivity contribution in [3.63, 3.8) is 0 Å². The molecule has 0 unspecified atom stereocenters. The Bertz CT molecular complexity index is 1520. The summed E-state index contributed by atoms with van der Waals surface area (Å²) in [6.45, 7) is 0. The average molecular weight is 561 g/mol. The monoisotopic (exact) mass is 560 g/mol. The predicted octanol–water partition coefficient (Wildman–Crippen LogP) is 7.39. The second-order valence-electron chi connectivity index (χ2n) is 11.5. The Morgan fingerprint density at radius 1 is 0.872 bits per heavy atom. The number of amides is 4. The molecule has 2 heterocycles. The number of benzene rings is 2. The van der Waals surface area contributed by atoms with E-state index in [2.05, 4.69) is 17.4 Å². The zero-order chi connectivity index (χ0) is 26.9. The molecule has 4 bridgehead atoms. The van der Waals surface area contributed by atoms with E-state index in [-0.39, 0.29) is 16.7 Å². The molecular formula is C31H26Cl2N2O4. The number of carbonyl (C=O) groups excluding carboxylic acids is 3. The largest absolute Gasteiger partial charge is 0.457 e. The molecule has 2 aromatic carbocycles. The van der Waals surface area contributed by atoms with Crippen LogP contribution in [0.5, 0.6) is 0 Å². The van der Waals surface area contributed by atoms with Crippen LogP contribution in [0.2, 0.25) is 10.0 Å². The van der Waals surface area contributed by atoms with Gasteiger partial charge in [0.1, 0.15) is 17.1 Å². The molecule has 39 heavy (non-hydrogen) atoms. The third kappa shape index (κ3) is 4.21. The third-order valence-electron chi connectivity index (χ3n) is 8.99. The predicted molar refractivity (Wildman–Crippen MR) is 149 cm³/mol. The fraction of sp³-hybridized carbons (Fsp3) is 0.323. The second-order valence-corrected chi connectivity index (χ2v) is 12.4. The number of rotatable bonds is 4. The molecule has 1 aliphatic heterocycles. The van der Waals surface area contributed by atoms with Crippen LogP contribution in [0.1, 0.15) is 49.8 Å². The van der Waals surface area contributed by atoms with Crippen LogP contribution in [0.4, 0.5) is 10.5 Å². The van der Waals surface area contributed by atoms with Gasteiger partial charge in [0, 0.05) is 10.6 Å². The molecule has 5 aliphatic rings. The Morgan fingerprint density at radius 3 is 2.18 bits per heavy atom. The zero-order valence-corrected chi connectivity index (χ0v) is 22.6. The van der Waals surface area contributed by atoms with Gasteiger partial charge in [0.05, 0.1) is 10.7 Å². The Hall–Kier alpha value is -3.35. The van der Waals surface area contributed by atoms with E-state index in [1.807, 2.05) is 12.1 Å². The molecule has 5 fully saturated rings. The Labute approximate surface area is 236 Å². The van der Waals surface area contributed by atoms with Gasteiger partial charge < -0.3 is 4.42 Å². The van der Waals surface area contributed by atoms with Gasteiger partial charge >= 0.3 is 6.03 Å². The van der Waals surface area contributed by atoms with Gasteiger partial charge in [0.25, 0.3) is 11.8 Å². The van der Waals surface area contributed by atoms with Crippen molar-refractivity contribution in [2.24, 2.45) is 17.8 Å². The fourth-order valence-corrected chi connectivity index (χ4v) is 8.23. The van der Waals surface area contributed by atoms with E-state index in [4.69, 9.17) is 27.6 Å². The van der Waals surface area contributed by atoms with Crippen LogP contribution in [0.15, 0.2) is 64.6 Å². The number of barbiturate groups is 1. The van der Waals surface area contributed by atoms with Crippen LogP contribution in [0.3, 0.4) is 0 Å². The number of nitrogens with one attached hydrogen (secondary N) is 1. The molecule has 0 radical (unpaired) electrons. The van der Waals surface area contributed by atoms with Gasteiger partial charge in [-0.05, 0) is 116 Å². The maximum absolute atomic E-state index is 13.4. The molecule has 6 nitrogen and oxygen atoms in total. The summed E-state index contributed by atoms with van der Waals surface area (Å²) in [5.41, 5.74) is 2.37. The fourth-order valence-electron chi connectivity index (χ4n) is 7.73. The number of furan rings is 1. The van der Waals surface area contributed by atoms with Crippen molar-refractivity contribution >= 4 is 52.8 Å².